The van der Waals surface area contributed by atoms with Crippen LogP contribution >= 0.6 is 0 Å². The summed E-state index contributed by atoms with van der Waals surface area (Å²) in [6.45, 7) is 2.38. The first-order chi connectivity index (χ1) is 14.1. The van der Waals surface area contributed by atoms with Crippen molar-refractivity contribution in [1.29, 1.82) is 5.26 Å². The quantitative estimate of drug-likeness (QED) is 0.646. The van der Waals surface area contributed by atoms with Crippen LogP contribution in [0.2, 0.25) is 0 Å². The number of rotatable bonds is 6. The van der Waals surface area contributed by atoms with E-state index in [0.29, 0.717) is 24.7 Å². The van der Waals surface area contributed by atoms with Crippen molar-refractivity contribution in [3.63, 3.8) is 0 Å². The number of nitrogens with one attached hydrogen (secondary N) is 1. The van der Waals surface area contributed by atoms with E-state index in [0.717, 1.165) is 42.1 Å². The molecule has 148 valence electrons. The molecule has 0 saturated heterocycles. The van der Waals surface area contributed by atoms with Crippen molar-refractivity contribution in [2.75, 3.05) is 0 Å². The molecule has 0 spiro atoms. The van der Waals surface area contributed by atoms with Gasteiger partial charge in [-0.3, -0.25) is 4.79 Å². The van der Waals surface area contributed by atoms with Gasteiger partial charge in [-0.1, -0.05) is 36.2 Å². The summed E-state index contributed by atoms with van der Waals surface area (Å²) in [5.74, 6) is 0.881. The lowest BCUT2D eigenvalue weighted by Gasteiger charge is -2.25. The average Bonchev–Trinajstić information content (AvgIpc) is 3.44. The minimum absolute atomic E-state index is 0.178. The molecule has 0 aliphatic heterocycles. The number of nitriles is 1. The molecule has 0 bridgehead atoms. The van der Waals surface area contributed by atoms with Crippen LogP contribution in [0.1, 0.15) is 49.4 Å². The first-order valence-corrected chi connectivity index (χ1v) is 9.87. The maximum Gasteiger partial charge on any atom is 0.244 e. The highest BCUT2D eigenvalue weighted by atomic mass is 16.5. The molecular weight excluding hydrogens is 366 g/mol. The van der Waals surface area contributed by atoms with E-state index in [-0.39, 0.29) is 5.91 Å². The third-order valence-corrected chi connectivity index (χ3v) is 5.47. The van der Waals surface area contributed by atoms with E-state index in [2.05, 4.69) is 26.1 Å². The molecule has 1 aliphatic rings. The minimum Gasteiger partial charge on any atom is -0.346 e. The van der Waals surface area contributed by atoms with E-state index in [1.54, 1.807) is 13.0 Å². The van der Waals surface area contributed by atoms with Gasteiger partial charge < -0.3 is 14.4 Å². The van der Waals surface area contributed by atoms with Crippen LogP contribution in [0.15, 0.2) is 41.1 Å². The van der Waals surface area contributed by atoms with Gasteiger partial charge in [0.05, 0.1) is 12.5 Å². The van der Waals surface area contributed by atoms with E-state index in [1.165, 1.54) is 0 Å². The zero-order valence-electron chi connectivity index (χ0n) is 16.4. The number of carbonyl (C=O) groups excluding carboxylic acids is 1. The summed E-state index contributed by atoms with van der Waals surface area (Å²) in [7, 11) is 0. The van der Waals surface area contributed by atoms with Gasteiger partial charge in [0.1, 0.15) is 5.54 Å². The molecule has 2 heterocycles. The molecule has 1 saturated carbocycles. The van der Waals surface area contributed by atoms with Crippen molar-refractivity contribution in [3.8, 4) is 6.07 Å². The standard InChI is InChI=1S/C22H23N5O2/c1-16-24-21(26-29-16)22(11-4-5-12-22)25-20(28)10-9-17-15-27(14-6-13-23)19-8-3-2-7-18(17)19/h2-3,7-10,15H,4-6,11-12,14H2,1H3,(H,25,28)/b10-9+. The number of para-hydroxylation sites is 1. The molecule has 4 rings (SSSR count). The smallest absolute Gasteiger partial charge is 0.244 e. The van der Waals surface area contributed by atoms with Crippen LogP contribution in [0, 0.1) is 18.3 Å². The van der Waals surface area contributed by atoms with E-state index in [9.17, 15) is 4.79 Å². The topological polar surface area (TPSA) is 96.7 Å². The zero-order chi connectivity index (χ0) is 20.3. The Morgan fingerprint density at radius 1 is 1.38 bits per heavy atom. The number of nitrogens with zero attached hydrogens (tertiary/aromatic N) is 4. The van der Waals surface area contributed by atoms with E-state index in [1.807, 2.05) is 36.5 Å². The lowest BCUT2D eigenvalue weighted by molar-refractivity contribution is -0.118. The van der Waals surface area contributed by atoms with E-state index in [4.69, 9.17) is 9.78 Å². The largest absolute Gasteiger partial charge is 0.346 e. The molecule has 2 aromatic heterocycles. The molecule has 0 radical (unpaired) electrons. The molecule has 0 unspecified atom stereocenters. The number of carbonyl (C=O) groups is 1. The minimum atomic E-state index is -0.556. The fourth-order valence-corrected chi connectivity index (χ4v) is 4.08. The Hall–Kier alpha value is -3.40. The molecule has 29 heavy (non-hydrogen) atoms. The summed E-state index contributed by atoms with van der Waals surface area (Å²) < 4.78 is 7.19. The molecule has 1 amide bonds. The molecule has 1 aromatic carbocycles. The van der Waals surface area contributed by atoms with E-state index < -0.39 is 5.54 Å². The number of amides is 1. The number of benzene rings is 1. The van der Waals surface area contributed by atoms with Crippen molar-refractivity contribution in [3.05, 3.63) is 53.8 Å². The maximum absolute atomic E-state index is 12.7. The summed E-state index contributed by atoms with van der Waals surface area (Å²) in [4.78, 5) is 17.1. The molecule has 1 N–H and O–H groups in total. The van der Waals surface area contributed by atoms with Crippen LogP contribution in [0.3, 0.4) is 0 Å². The second-order valence-corrected chi connectivity index (χ2v) is 7.45. The second-order valence-electron chi connectivity index (χ2n) is 7.45. The molecule has 1 aliphatic carbocycles. The average molecular weight is 389 g/mol. The summed E-state index contributed by atoms with van der Waals surface area (Å²) in [6.07, 6.45) is 9.45. The highest BCUT2D eigenvalue weighted by molar-refractivity contribution is 5.96. The van der Waals surface area contributed by atoms with Gasteiger partial charge in [-0.15, -0.1) is 0 Å². The Morgan fingerprint density at radius 2 is 2.17 bits per heavy atom. The molecule has 0 atom stereocenters. The molecule has 7 heteroatoms. The molecular formula is C22H23N5O2. The van der Waals surface area contributed by atoms with Crippen molar-refractivity contribution in [2.45, 2.75) is 51.1 Å². The van der Waals surface area contributed by atoms with Crippen LogP contribution in [0.4, 0.5) is 0 Å². The predicted molar refractivity (Wildman–Crippen MR) is 109 cm³/mol. The normalized spacial score (nSPS) is 15.7. The Morgan fingerprint density at radius 3 is 2.90 bits per heavy atom. The van der Waals surface area contributed by atoms with Gasteiger partial charge in [0.25, 0.3) is 0 Å². The second kappa shape index (κ2) is 7.92. The Balaban J connectivity index is 1.56. The third kappa shape index (κ3) is 3.79. The molecule has 7 nitrogen and oxygen atoms in total. The van der Waals surface area contributed by atoms with Crippen molar-refractivity contribution in [2.24, 2.45) is 0 Å². The van der Waals surface area contributed by atoms with Gasteiger partial charge in [0.2, 0.25) is 11.8 Å². The maximum atomic E-state index is 12.7. The van der Waals surface area contributed by atoms with Gasteiger partial charge in [0, 0.05) is 42.2 Å². The summed E-state index contributed by atoms with van der Waals surface area (Å²) in [5, 5.41) is 17.1. The lowest BCUT2D eigenvalue weighted by Crippen LogP contribution is -2.44. The third-order valence-electron chi connectivity index (χ3n) is 5.47. The van der Waals surface area contributed by atoms with Crippen LogP contribution in [0.25, 0.3) is 17.0 Å². The van der Waals surface area contributed by atoms with Crippen molar-refractivity contribution < 1.29 is 9.32 Å². The SMILES string of the molecule is Cc1nc(C2(NC(=O)/C=C/c3cn(CCC#N)c4ccccc34)CCCC2)no1. The first-order valence-electron chi connectivity index (χ1n) is 9.87. The van der Waals surface area contributed by atoms with Gasteiger partial charge >= 0.3 is 0 Å². The number of fused-ring (bicyclic) bond motifs is 1. The van der Waals surface area contributed by atoms with Crippen LogP contribution in [0.5, 0.6) is 0 Å². The van der Waals surface area contributed by atoms with Crippen LogP contribution in [-0.2, 0) is 16.9 Å². The Labute approximate surface area is 169 Å². The first kappa shape index (κ1) is 18.9. The van der Waals surface area contributed by atoms with Gasteiger partial charge in [-0.25, -0.2) is 0 Å². The summed E-state index contributed by atoms with van der Waals surface area (Å²) in [6, 6.07) is 10.2. The summed E-state index contributed by atoms with van der Waals surface area (Å²) in [5.41, 5.74) is 1.45. The fraction of sp³-hybridized carbons (Fsp3) is 0.364. The Bertz CT molecular complexity index is 1100. The zero-order valence-corrected chi connectivity index (χ0v) is 16.4. The number of hydrogen-bond acceptors (Lipinski definition) is 5. The monoisotopic (exact) mass is 389 g/mol. The van der Waals surface area contributed by atoms with Gasteiger partial charge in [-0.2, -0.15) is 10.2 Å². The van der Waals surface area contributed by atoms with Gasteiger partial charge in [-0.05, 0) is 25.0 Å². The predicted octanol–water partition coefficient (Wildman–Crippen LogP) is 3.85. The fourth-order valence-electron chi connectivity index (χ4n) is 4.08. The van der Waals surface area contributed by atoms with Crippen LogP contribution in [-0.4, -0.2) is 20.6 Å². The lowest BCUT2D eigenvalue weighted by atomic mass is 9.96. The van der Waals surface area contributed by atoms with Crippen LogP contribution < -0.4 is 5.32 Å². The summed E-state index contributed by atoms with van der Waals surface area (Å²) >= 11 is 0. The highest BCUT2D eigenvalue weighted by Crippen LogP contribution is 2.37. The highest BCUT2D eigenvalue weighted by Gasteiger charge is 2.40. The molecule has 1 fully saturated rings. The van der Waals surface area contributed by atoms with E-state index >= 15 is 0 Å². The molecule has 3 aromatic rings. The number of aryl methyl sites for hydroxylation is 2. The van der Waals surface area contributed by atoms with Gasteiger partial charge in [0.15, 0.2) is 5.82 Å². The van der Waals surface area contributed by atoms with Crippen molar-refractivity contribution in [1.82, 2.24) is 20.0 Å². The van der Waals surface area contributed by atoms with Crippen molar-refractivity contribution >= 4 is 22.9 Å². The Kier molecular flexibility index (Phi) is 5.17. The number of aromatic nitrogens is 3. The number of hydrogen-bond donors (Lipinski definition) is 1.